The third-order valence-electron chi connectivity index (χ3n) is 6.96. The van der Waals surface area contributed by atoms with E-state index in [1.165, 1.54) is 19.4 Å². The molecule has 188 valence electrons. The molecule has 3 N–H and O–H groups in total. The smallest absolute Gasteiger partial charge is 0.260 e. The fourth-order valence-electron chi connectivity index (χ4n) is 5.43. The van der Waals surface area contributed by atoms with Crippen molar-refractivity contribution in [3.63, 3.8) is 0 Å². The van der Waals surface area contributed by atoms with Gasteiger partial charge in [0.1, 0.15) is 23.2 Å². The van der Waals surface area contributed by atoms with Crippen LogP contribution in [0, 0.1) is 12.7 Å². The number of amides is 1. The van der Waals surface area contributed by atoms with Crippen molar-refractivity contribution in [1.29, 1.82) is 0 Å². The summed E-state index contributed by atoms with van der Waals surface area (Å²) in [6.45, 7) is 6.28. The first-order chi connectivity index (χ1) is 17.1. The van der Waals surface area contributed by atoms with Crippen molar-refractivity contribution in [2.75, 3.05) is 23.5 Å². The lowest BCUT2D eigenvalue weighted by Gasteiger charge is -2.37. The summed E-state index contributed by atoms with van der Waals surface area (Å²) in [6.07, 6.45) is 2.24. The highest BCUT2D eigenvalue weighted by Crippen LogP contribution is 2.39. The van der Waals surface area contributed by atoms with E-state index in [1.807, 2.05) is 24.0 Å². The molecule has 2 aliphatic rings. The number of fused-ring (bicyclic) bond motifs is 1. The molecule has 2 aromatic heterocycles. The minimum absolute atomic E-state index is 0.194. The summed E-state index contributed by atoms with van der Waals surface area (Å²) in [5.74, 6) is 0.779. The lowest BCUT2D eigenvalue weighted by molar-refractivity contribution is 0.0482. The monoisotopic (exact) mass is 491 g/mol. The largest absolute Gasteiger partial charge is 0.496 e. The summed E-state index contributed by atoms with van der Waals surface area (Å²) in [7, 11) is 1.47. The van der Waals surface area contributed by atoms with Gasteiger partial charge in [0.05, 0.1) is 36.6 Å². The van der Waals surface area contributed by atoms with Gasteiger partial charge in [0.2, 0.25) is 0 Å². The van der Waals surface area contributed by atoms with Crippen molar-refractivity contribution in [2.24, 2.45) is 5.73 Å². The van der Waals surface area contributed by atoms with Crippen LogP contribution in [0.5, 0.6) is 5.75 Å². The number of halogens is 1. The molecule has 3 aromatic rings. The highest BCUT2D eigenvalue weighted by Gasteiger charge is 2.42. The second-order valence-corrected chi connectivity index (χ2v) is 10.00. The van der Waals surface area contributed by atoms with Crippen molar-refractivity contribution in [1.82, 2.24) is 9.97 Å². The number of methoxy groups -OCH3 is 1. The molecule has 9 heteroatoms. The Balaban J connectivity index is 1.55. The number of carbonyl (C=O) groups excluding carboxylic acids is 1. The molecule has 0 aliphatic carbocycles. The van der Waals surface area contributed by atoms with Crippen molar-refractivity contribution in [3.05, 3.63) is 65.1 Å². The predicted molar refractivity (Wildman–Crippen MR) is 136 cm³/mol. The number of aromatic nitrogens is 2. The van der Waals surface area contributed by atoms with E-state index in [0.29, 0.717) is 40.8 Å². The van der Waals surface area contributed by atoms with Gasteiger partial charge in [-0.3, -0.25) is 14.7 Å². The second-order valence-electron chi connectivity index (χ2n) is 10.00. The number of aryl methyl sites for hydroxylation is 1. The lowest BCUT2D eigenvalue weighted by Crippen LogP contribution is -2.53. The standard InChI is InChI=1S/C27H30FN5O3/c1-15-12-21(32-11-9-19(29)25(32)27(2,3)35)31-22(13-15)33-14-17-16(26(33)34)8-10-30-24(17)23-18(28)6-5-7-20(23)36-4/h5-8,10,12-13,19,25,35H,9,11,14,29H2,1-4H3/t19-,25+/m1/s1. The minimum atomic E-state index is -1.03. The van der Waals surface area contributed by atoms with Gasteiger partial charge in [0.25, 0.3) is 5.91 Å². The number of nitrogens with zero attached hydrogens (tertiary/aromatic N) is 4. The number of nitrogens with two attached hydrogens (primary N) is 1. The number of carbonyl (C=O) groups is 1. The van der Waals surface area contributed by atoms with E-state index in [9.17, 15) is 14.3 Å². The van der Waals surface area contributed by atoms with Crippen LogP contribution in [0.3, 0.4) is 0 Å². The highest BCUT2D eigenvalue weighted by atomic mass is 19.1. The number of benzene rings is 1. The third kappa shape index (κ3) is 3.98. The molecule has 8 nitrogen and oxygen atoms in total. The quantitative estimate of drug-likeness (QED) is 0.563. The molecular weight excluding hydrogens is 461 g/mol. The van der Waals surface area contributed by atoms with Crippen LogP contribution in [0.4, 0.5) is 16.0 Å². The first kappa shape index (κ1) is 24.1. The van der Waals surface area contributed by atoms with Gasteiger partial charge in [0, 0.05) is 29.9 Å². The summed E-state index contributed by atoms with van der Waals surface area (Å²) < 4.78 is 20.3. The van der Waals surface area contributed by atoms with E-state index in [1.54, 1.807) is 36.9 Å². The zero-order valence-electron chi connectivity index (χ0n) is 20.8. The van der Waals surface area contributed by atoms with Crippen LogP contribution < -0.4 is 20.3 Å². The maximum Gasteiger partial charge on any atom is 0.260 e. The molecule has 1 amide bonds. The topological polar surface area (TPSA) is 105 Å². The minimum Gasteiger partial charge on any atom is -0.496 e. The van der Waals surface area contributed by atoms with Crippen LogP contribution in [0.25, 0.3) is 11.3 Å². The van der Waals surface area contributed by atoms with Crippen LogP contribution in [0.2, 0.25) is 0 Å². The molecule has 36 heavy (non-hydrogen) atoms. The molecule has 0 bridgehead atoms. The summed E-state index contributed by atoms with van der Waals surface area (Å²) >= 11 is 0. The lowest BCUT2D eigenvalue weighted by atomic mass is 9.93. The Bertz CT molecular complexity index is 1340. The Morgan fingerprint density at radius 1 is 1.22 bits per heavy atom. The summed E-state index contributed by atoms with van der Waals surface area (Å²) in [4.78, 5) is 26.4. The van der Waals surface area contributed by atoms with E-state index in [-0.39, 0.29) is 30.1 Å². The summed E-state index contributed by atoms with van der Waals surface area (Å²) in [6, 6.07) is 9.51. The molecule has 0 radical (unpaired) electrons. The summed E-state index contributed by atoms with van der Waals surface area (Å²) in [5.41, 5.74) is 7.90. The van der Waals surface area contributed by atoms with Crippen molar-refractivity contribution < 1.29 is 19.0 Å². The Labute approximate surface area is 209 Å². The van der Waals surface area contributed by atoms with E-state index in [2.05, 4.69) is 4.98 Å². The van der Waals surface area contributed by atoms with Gasteiger partial charge in [-0.25, -0.2) is 9.37 Å². The van der Waals surface area contributed by atoms with Crippen LogP contribution in [0.15, 0.2) is 42.6 Å². The van der Waals surface area contributed by atoms with E-state index >= 15 is 0 Å². The number of rotatable bonds is 5. The van der Waals surface area contributed by atoms with Crippen molar-refractivity contribution >= 4 is 17.5 Å². The number of pyridine rings is 2. The van der Waals surface area contributed by atoms with Crippen LogP contribution in [-0.4, -0.2) is 52.3 Å². The predicted octanol–water partition coefficient (Wildman–Crippen LogP) is 3.44. The van der Waals surface area contributed by atoms with Gasteiger partial charge in [-0.15, -0.1) is 0 Å². The van der Waals surface area contributed by atoms with Crippen LogP contribution in [-0.2, 0) is 6.54 Å². The van der Waals surface area contributed by atoms with Crippen molar-refractivity contribution in [2.45, 2.75) is 51.4 Å². The van der Waals surface area contributed by atoms with Crippen LogP contribution >= 0.6 is 0 Å². The highest BCUT2D eigenvalue weighted by molar-refractivity contribution is 6.10. The van der Waals surface area contributed by atoms with E-state index < -0.39 is 11.4 Å². The fourth-order valence-corrected chi connectivity index (χ4v) is 5.43. The summed E-state index contributed by atoms with van der Waals surface area (Å²) in [5, 5.41) is 10.8. The van der Waals surface area contributed by atoms with Gasteiger partial charge in [-0.1, -0.05) is 6.07 Å². The zero-order chi connectivity index (χ0) is 25.8. The molecule has 2 aliphatic heterocycles. The Hall–Kier alpha value is -3.56. The Kier molecular flexibility index (Phi) is 5.92. The molecule has 1 aromatic carbocycles. The normalized spacial score (nSPS) is 19.7. The van der Waals surface area contributed by atoms with Gasteiger partial charge >= 0.3 is 0 Å². The Morgan fingerprint density at radius 3 is 2.69 bits per heavy atom. The van der Waals surface area contributed by atoms with E-state index in [0.717, 1.165) is 12.0 Å². The number of anilines is 2. The van der Waals surface area contributed by atoms with Crippen molar-refractivity contribution in [3.8, 4) is 17.0 Å². The number of hydrogen-bond donors (Lipinski definition) is 2. The molecule has 1 fully saturated rings. The average Bonchev–Trinajstić information content (AvgIpc) is 3.39. The number of aliphatic hydroxyl groups is 1. The third-order valence-corrected chi connectivity index (χ3v) is 6.96. The molecule has 0 unspecified atom stereocenters. The Morgan fingerprint density at radius 2 is 1.97 bits per heavy atom. The molecule has 2 atom stereocenters. The first-order valence-corrected chi connectivity index (χ1v) is 12.0. The van der Waals surface area contributed by atoms with Gasteiger partial charge < -0.3 is 20.5 Å². The SMILES string of the molecule is COc1cccc(F)c1-c1nccc2c1CN(c1cc(C)cc(N3CC[C@@H](N)[C@H]3C(C)(C)O)n1)C2=O. The molecule has 5 rings (SSSR count). The van der Waals surface area contributed by atoms with Gasteiger partial charge in [0.15, 0.2) is 0 Å². The van der Waals surface area contributed by atoms with Gasteiger partial charge in [-0.2, -0.15) is 0 Å². The average molecular weight is 492 g/mol. The maximum absolute atomic E-state index is 14.9. The van der Waals surface area contributed by atoms with Crippen LogP contribution in [0.1, 0.15) is 41.8 Å². The first-order valence-electron chi connectivity index (χ1n) is 12.0. The molecule has 0 saturated carbocycles. The maximum atomic E-state index is 14.9. The fraction of sp³-hybridized carbons (Fsp3) is 0.370. The number of hydrogen-bond acceptors (Lipinski definition) is 7. The van der Waals surface area contributed by atoms with E-state index in [4.69, 9.17) is 15.5 Å². The second kappa shape index (κ2) is 8.83. The zero-order valence-corrected chi connectivity index (χ0v) is 20.8. The number of ether oxygens (including phenoxy) is 1. The molecular formula is C27H30FN5O3. The molecule has 4 heterocycles. The molecule has 1 saturated heterocycles. The molecule has 0 spiro atoms. The van der Waals surface area contributed by atoms with Gasteiger partial charge in [-0.05, 0) is 63.1 Å².